The summed E-state index contributed by atoms with van der Waals surface area (Å²) < 4.78 is 0. The van der Waals surface area contributed by atoms with Crippen LogP contribution in [0.3, 0.4) is 0 Å². The van der Waals surface area contributed by atoms with Gasteiger partial charge in [-0.3, -0.25) is 5.32 Å². The van der Waals surface area contributed by atoms with Crippen LogP contribution in [0, 0.1) is 11.8 Å². The van der Waals surface area contributed by atoms with Gasteiger partial charge in [0.2, 0.25) is 0 Å². The van der Waals surface area contributed by atoms with Crippen LogP contribution in [0.25, 0.3) is 0 Å². The number of hydrogen-bond donors (Lipinski definition) is 4. The fourth-order valence-corrected chi connectivity index (χ4v) is 2.02. The van der Waals surface area contributed by atoms with Crippen LogP contribution in [0.15, 0.2) is 0 Å². The van der Waals surface area contributed by atoms with Crippen LogP contribution in [0.2, 0.25) is 0 Å². The Morgan fingerprint density at radius 3 is 2.40 bits per heavy atom. The molecule has 5 unspecified atom stereocenters. The molecule has 0 aromatic heterocycles. The monoisotopic (exact) mass is 142 g/mol. The lowest BCUT2D eigenvalue weighted by Gasteiger charge is -2.17. The van der Waals surface area contributed by atoms with Gasteiger partial charge in [0.25, 0.3) is 0 Å². The van der Waals surface area contributed by atoms with Gasteiger partial charge in [0.05, 0.1) is 6.17 Å². The number of hydrogen-bond acceptors (Lipinski definition) is 4. The molecule has 1 saturated heterocycles. The summed E-state index contributed by atoms with van der Waals surface area (Å²) in [6.45, 7) is 0.656. The predicted octanol–water partition coefficient (Wildman–Crippen LogP) is -2.22. The molecule has 2 fully saturated rings. The minimum Gasteiger partial charge on any atom is -0.330 e. The second kappa shape index (κ2) is 1.92. The van der Waals surface area contributed by atoms with E-state index >= 15 is 0 Å². The van der Waals surface area contributed by atoms with Crippen LogP contribution < -0.4 is 22.5 Å². The highest BCUT2D eigenvalue weighted by Gasteiger charge is 2.58. The number of nitrogens with two attached hydrogens (primary N) is 3. The standard InChI is InChI=1S/C6H14N4/c7-1-2-3-4(8)5(3)10-6(2)9/h2-6,10H,1,7-9H2. The maximum atomic E-state index is 5.73. The average molecular weight is 142 g/mol. The summed E-state index contributed by atoms with van der Waals surface area (Å²) in [5.74, 6) is 0.958. The van der Waals surface area contributed by atoms with Gasteiger partial charge in [-0.1, -0.05) is 0 Å². The molecule has 0 aromatic rings. The first-order valence-corrected chi connectivity index (χ1v) is 3.73. The van der Waals surface area contributed by atoms with Crippen LogP contribution in [0.1, 0.15) is 0 Å². The van der Waals surface area contributed by atoms with Crippen LogP contribution in [-0.4, -0.2) is 24.8 Å². The summed E-state index contributed by atoms with van der Waals surface area (Å²) in [5.41, 5.74) is 17.0. The quantitative estimate of drug-likeness (QED) is 0.334. The van der Waals surface area contributed by atoms with E-state index in [9.17, 15) is 0 Å². The molecular weight excluding hydrogens is 128 g/mol. The van der Waals surface area contributed by atoms with E-state index in [1.807, 2.05) is 0 Å². The first-order chi connectivity index (χ1) is 4.75. The van der Waals surface area contributed by atoms with Gasteiger partial charge in [-0.15, -0.1) is 0 Å². The molecule has 5 atom stereocenters. The van der Waals surface area contributed by atoms with E-state index in [2.05, 4.69) is 5.32 Å². The largest absolute Gasteiger partial charge is 0.330 e. The van der Waals surface area contributed by atoms with Gasteiger partial charge < -0.3 is 17.2 Å². The summed E-state index contributed by atoms with van der Waals surface area (Å²) in [5, 5.41) is 3.21. The predicted molar refractivity (Wildman–Crippen MR) is 38.9 cm³/mol. The van der Waals surface area contributed by atoms with E-state index in [-0.39, 0.29) is 6.17 Å². The average Bonchev–Trinajstić information content (AvgIpc) is 2.45. The molecule has 0 amide bonds. The summed E-state index contributed by atoms with van der Waals surface area (Å²) >= 11 is 0. The highest BCUT2D eigenvalue weighted by Crippen LogP contribution is 2.42. The van der Waals surface area contributed by atoms with Crippen LogP contribution >= 0.6 is 0 Å². The highest BCUT2D eigenvalue weighted by molar-refractivity contribution is 5.17. The Bertz CT molecular complexity index is 149. The topological polar surface area (TPSA) is 90.1 Å². The van der Waals surface area contributed by atoms with E-state index in [0.717, 1.165) is 0 Å². The zero-order valence-corrected chi connectivity index (χ0v) is 5.83. The first kappa shape index (κ1) is 6.54. The van der Waals surface area contributed by atoms with E-state index in [0.29, 0.717) is 30.5 Å². The van der Waals surface area contributed by atoms with Crippen molar-refractivity contribution in [3.05, 3.63) is 0 Å². The van der Waals surface area contributed by atoms with Gasteiger partial charge in [-0.2, -0.15) is 0 Å². The van der Waals surface area contributed by atoms with E-state index in [1.54, 1.807) is 0 Å². The maximum absolute atomic E-state index is 5.73. The van der Waals surface area contributed by atoms with E-state index < -0.39 is 0 Å². The number of nitrogens with one attached hydrogen (secondary N) is 1. The molecule has 0 aromatic carbocycles. The molecule has 0 radical (unpaired) electrons. The fraction of sp³-hybridized carbons (Fsp3) is 1.00. The Morgan fingerprint density at radius 2 is 2.00 bits per heavy atom. The molecule has 1 saturated carbocycles. The molecule has 7 N–H and O–H groups in total. The van der Waals surface area contributed by atoms with Crippen molar-refractivity contribution in [1.29, 1.82) is 0 Å². The zero-order chi connectivity index (χ0) is 7.30. The minimum absolute atomic E-state index is 0.0831. The molecule has 58 valence electrons. The van der Waals surface area contributed by atoms with Gasteiger partial charge in [-0.25, -0.2) is 0 Å². The Morgan fingerprint density at radius 1 is 1.30 bits per heavy atom. The van der Waals surface area contributed by atoms with E-state index in [1.165, 1.54) is 0 Å². The number of piperidine rings is 1. The molecule has 2 aliphatic rings. The Hall–Kier alpha value is -0.160. The summed E-state index contributed by atoms with van der Waals surface area (Å²) in [4.78, 5) is 0. The number of rotatable bonds is 1. The van der Waals surface area contributed by atoms with Crippen molar-refractivity contribution in [2.75, 3.05) is 6.54 Å². The third kappa shape index (κ3) is 0.645. The highest BCUT2D eigenvalue weighted by atomic mass is 15.2. The normalized spacial score (nSPS) is 58.5. The molecule has 0 spiro atoms. The van der Waals surface area contributed by atoms with Crippen molar-refractivity contribution >= 4 is 0 Å². The molecule has 4 heteroatoms. The van der Waals surface area contributed by atoms with Crippen molar-refractivity contribution in [3.63, 3.8) is 0 Å². The van der Waals surface area contributed by atoms with Crippen molar-refractivity contribution in [2.45, 2.75) is 18.2 Å². The summed E-state index contributed by atoms with van der Waals surface area (Å²) in [7, 11) is 0. The molecule has 0 bridgehead atoms. The van der Waals surface area contributed by atoms with E-state index in [4.69, 9.17) is 17.2 Å². The lowest BCUT2D eigenvalue weighted by atomic mass is 10.0. The third-order valence-corrected chi connectivity index (χ3v) is 2.75. The molecule has 10 heavy (non-hydrogen) atoms. The second-order valence-corrected chi connectivity index (χ2v) is 3.27. The summed E-state index contributed by atoms with van der Waals surface area (Å²) in [6, 6.07) is 0.775. The van der Waals surface area contributed by atoms with Gasteiger partial charge >= 0.3 is 0 Å². The zero-order valence-electron chi connectivity index (χ0n) is 5.83. The number of fused-ring (bicyclic) bond motifs is 1. The molecule has 1 aliphatic carbocycles. The Balaban J connectivity index is 2.04. The van der Waals surface area contributed by atoms with Crippen molar-refractivity contribution in [2.24, 2.45) is 29.0 Å². The Kier molecular flexibility index (Phi) is 1.25. The van der Waals surface area contributed by atoms with Crippen LogP contribution in [0.4, 0.5) is 0 Å². The lowest BCUT2D eigenvalue weighted by Crippen LogP contribution is -2.45. The molecule has 1 heterocycles. The summed E-state index contributed by atoms with van der Waals surface area (Å²) in [6.07, 6.45) is 0.0831. The van der Waals surface area contributed by atoms with Gasteiger partial charge in [0.1, 0.15) is 0 Å². The van der Waals surface area contributed by atoms with Gasteiger partial charge in [-0.05, 0) is 12.5 Å². The second-order valence-electron chi connectivity index (χ2n) is 3.27. The smallest absolute Gasteiger partial charge is 0.0594 e. The van der Waals surface area contributed by atoms with Crippen LogP contribution in [-0.2, 0) is 0 Å². The van der Waals surface area contributed by atoms with Crippen molar-refractivity contribution < 1.29 is 0 Å². The van der Waals surface area contributed by atoms with Crippen molar-refractivity contribution in [3.8, 4) is 0 Å². The maximum Gasteiger partial charge on any atom is 0.0594 e. The third-order valence-electron chi connectivity index (χ3n) is 2.75. The Labute approximate surface area is 60.1 Å². The SMILES string of the molecule is NCC1C(N)NC2C(N)C12. The van der Waals surface area contributed by atoms with Gasteiger partial charge in [0, 0.05) is 18.0 Å². The lowest BCUT2D eigenvalue weighted by molar-refractivity contribution is 0.390. The van der Waals surface area contributed by atoms with Gasteiger partial charge in [0.15, 0.2) is 0 Å². The molecule has 2 rings (SSSR count). The fourth-order valence-electron chi connectivity index (χ4n) is 2.02. The minimum atomic E-state index is 0.0831. The molecule has 1 aliphatic heterocycles. The van der Waals surface area contributed by atoms with Crippen LogP contribution in [0.5, 0.6) is 0 Å². The molecule has 4 nitrogen and oxygen atoms in total. The first-order valence-electron chi connectivity index (χ1n) is 3.73. The van der Waals surface area contributed by atoms with Crippen molar-refractivity contribution in [1.82, 2.24) is 5.32 Å². The molecular formula is C6H14N4.